The number of amides is 1. The number of hydrogen-bond acceptors (Lipinski definition) is 5. The third kappa shape index (κ3) is 4.31. The van der Waals surface area contributed by atoms with Crippen molar-refractivity contribution in [3.8, 4) is 11.5 Å². The highest BCUT2D eigenvalue weighted by Gasteiger charge is 2.06. The maximum atomic E-state index is 11.7. The average molecular weight is 299 g/mol. The van der Waals surface area contributed by atoms with Crippen molar-refractivity contribution < 1.29 is 14.3 Å². The number of nitrogens with one attached hydrogen (secondary N) is 1. The minimum atomic E-state index is -0.360. The lowest BCUT2D eigenvalue weighted by Gasteiger charge is -2.09. The van der Waals surface area contributed by atoms with E-state index in [0.29, 0.717) is 22.9 Å². The number of nitrogens with zero attached hydrogens (tertiary/aromatic N) is 2. The minimum Gasteiger partial charge on any atom is -0.493 e. The highest BCUT2D eigenvalue weighted by molar-refractivity contribution is 5.97. The molecule has 1 aromatic heterocycles. The molecule has 0 unspecified atom stereocenters. The molecule has 2 aromatic rings. The van der Waals surface area contributed by atoms with Crippen molar-refractivity contribution in [3.05, 3.63) is 54.4 Å². The highest BCUT2D eigenvalue weighted by Crippen LogP contribution is 2.25. The van der Waals surface area contributed by atoms with E-state index in [0.717, 1.165) is 0 Å². The van der Waals surface area contributed by atoms with Gasteiger partial charge >= 0.3 is 0 Å². The summed E-state index contributed by atoms with van der Waals surface area (Å²) in [5, 5.41) is 3.99. The van der Waals surface area contributed by atoms with E-state index in [4.69, 9.17) is 9.47 Å². The molecule has 0 aliphatic carbocycles. The quantitative estimate of drug-likeness (QED) is 0.654. The summed E-state index contributed by atoms with van der Waals surface area (Å²) in [6.07, 6.45) is 1.67. The number of para-hydroxylation sites is 2. The van der Waals surface area contributed by atoms with Crippen LogP contribution in [0.25, 0.3) is 0 Å². The molecule has 0 atom stereocenters. The van der Waals surface area contributed by atoms with Crippen molar-refractivity contribution >= 4 is 11.6 Å². The SMILES string of the molecule is COc1ccccc1OCC(=O)NN=C(C)c1ccccn1. The fraction of sp³-hybridized carbons (Fsp3) is 0.188. The van der Waals surface area contributed by atoms with Crippen molar-refractivity contribution in [2.45, 2.75) is 6.92 Å². The molecular weight excluding hydrogens is 282 g/mol. The minimum absolute atomic E-state index is 0.153. The van der Waals surface area contributed by atoms with E-state index < -0.39 is 0 Å². The molecule has 6 heteroatoms. The third-order valence-electron chi connectivity index (χ3n) is 2.81. The van der Waals surface area contributed by atoms with Crippen LogP contribution in [0.5, 0.6) is 11.5 Å². The van der Waals surface area contributed by atoms with Crippen molar-refractivity contribution in [3.63, 3.8) is 0 Å². The van der Waals surface area contributed by atoms with Crippen molar-refractivity contribution in [1.82, 2.24) is 10.4 Å². The molecule has 1 N–H and O–H groups in total. The van der Waals surface area contributed by atoms with Gasteiger partial charge < -0.3 is 9.47 Å². The molecule has 114 valence electrons. The standard InChI is InChI=1S/C16H17N3O3/c1-12(13-7-5-6-10-17-13)18-19-16(20)11-22-15-9-4-3-8-14(15)21-2/h3-10H,11H2,1-2H3,(H,19,20). The summed E-state index contributed by atoms with van der Waals surface area (Å²) in [7, 11) is 1.54. The van der Waals surface area contributed by atoms with E-state index in [1.165, 1.54) is 0 Å². The number of methoxy groups -OCH3 is 1. The summed E-state index contributed by atoms with van der Waals surface area (Å²) in [5.74, 6) is 0.718. The van der Waals surface area contributed by atoms with Crippen molar-refractivity contribution in [1.29, 1.82) is 0 Å². The van der Waals surface area contributed by atoms with E-state index in [9.17, 15) is 4.79 Å². The zero-order valence-corrected chi connectivity index (χ0v) is 12.4. The molecule has 22 heavy (non-hydrogen) atoms. The van der Waals surface area contributed by atoms with Gasteiger partial charge in [0.2, 0.25) is 0 Å². The summed E-state index contributed by atoms with van der Waals surface area (Å²) in [4.78, 5) is 15.9. The molecule has 1 heterocycles. The molecule has 0 bridgehead atoms. The zero-order valence-electron chi connectivity index (χ0n) is 12.4. The Morgan fingerprint density at radius 3 is 2.59 bits per heavy atom. The lowest BCUT2D eigenvalue weighted by molar-refractivity contribution is -0.123. The summed E-state index contributed by atoms with van der Waals surface area (Å²) in [6, 6.07) is 12.6. The van der Waals surface area contributed by atoms with Crippen LogP contribution in [-0.4, -0.2) is 30.3 Å². The van der Waals surface area contributed by atoms with Crippen LogP contribution >= 0.6 is 0 Å². The van der Waals surface area contributed by atoms with Crippen LogP contribution in [0.4, 0.5) is 0 Å². The number of ether oxygens (including phenoxy) is 2. The second-order valence-corrected chi connectivity index (χ2v) is 4.39. The zero-order chi connectivity index (χ0) is 15.8. The van der Waals surface area contributed by atoms with Gasteiger partial charge in [-0.1, -0.05) is 18.2 Å². The fourth-order valence-corrected chi connectivity index (χ4v) is 1.69. The Balaban J connectivity index is 1.88. The molecule has 6 nitrogen and oxygen atoms in total. The first-order chi connectivity index (χ1) is 10.7. The number of aromatic nitrogens is 1. The van der Waals surface area contributed by atoms with Gasteiger partial charge in [0.15, 0.2) is 18.1 Å². The normalized spacial score (nSPS) is 10.9. The van der Waals surface area contributed by atoms with E-state index in [1.807, 2.05) is 24.3 Å². The lowest BCUT2D eigenvalue weighted by Crippen LogP contribution is -2.25. The molecule has 0 saturated carbocycles. The van der Waals surface area contributed by atoms with E-state index in [-0.39, 0.29) is 12.5 Å². The number of benzene rings is 1. The number of carbonyl (C=O) groups is 1. The summed E-state index contributed by atoms with van der Waals surface area (Å²) < 4.78 is 10.5. The number of carbonyl (C=O) groups excluding carboxylic acids is 1. The number of rotatable bonds is 6. The van der Waals surface area contributed by atoms with Crippen LogP contribution in [0.2, 0.25) is 0 Å². The first-order valence-electron chi connectivity index (χ1n) is 6.71. The lowest BCUT2D eigenvalue weighted by atomic mass is 10.3. The average Bonchev–Trinajstić information content (AvgIpc) is 2.58. The Hall–Kier alpha value is -2.89. The number of hydrogen-bond donors (Lipinski definition) is 1. The van der Waals surface area contributed by atoms with Crippen molar-refractivity contribution in [2.24, 2.45) is 5.10 Å². The van der Waals surface area contributed by atoms with Gasteiger partial charge in [0, 0.05) is 6.20 Å². The fourth-order valence-electron chi connectivity index (χ4n) is 1.69. The molecule has 0 fully saturated rings. The van der Waals surface area contributed by atoms with Gasteiger partial charge in [0.05, 0.1) is 18.5 Å². The first-order valence-corrected chi connectivity index (χ1v) is 6.71. The molecule has 1 amide bonds. The van der Waals surface area contributed by atoms with Gasteiger partial charge in [-0.3, -0.25) is 9.78 Å². The van der Waals surface area contributed by atoms with E-state index >= 15 is 0 Å². The van der Waals surface area contributed by atoms with Gasteiger partial charge in [0.1, 0.15) is 0 Å². The van der Waals surface area contributed by atoms with E-state index in [1.54, 1.807) is 38.4 Å². The van der Waals surface area contributed by atoms with Crippen LogP contribution in [0.15, 0.2) is 53.8 Å². The van der Waals surface area contributed by atoms with E-state index in [2.05, 4.69) is 15.5 Å². The second kappa shape index (κ2) is 7.78. The maximum absolute atomic E-state index is 11.7. The Morgan fingerprint density at radius 1 is 1.18 bits per heavy atom. The topological polar surface area (TPSA) is 72.8 Å². The summed E-state index contributed by atoms with van der Waals surface area (Å²) >= 11 is 0. The summed E-state index contributed by atoms with van der Waals surface area (Å²) in [5.41, 5.74) is 3.75. The molecule has 0 aliphatic heterocycles. The molecular formula is C16H17N3O3. The Kier molecular flexibility index (Phi) is 5.48. The Morgan fingerprint density at radius 2 is 1.91 bits per heavy atom. The van der Waals surface area contributed by atoms with Gasteiger partial charge in [-0.05, 0) is 31.2 Å². The molecule has 0 spiro atoms. The molecule has 0 aliphatic rings. The van der Waals surface area contributed by atoms with Crippen LogP contribution in [0.1, 0.15) is 12.6 Å². The first kappa shape index (κ1) is 15.5. The predicted octanol–water partition coefficient (Wildman–Crippen LogP) is 2.01. The molecule has 2 rings (SSSR count). The smallest absolute Gasteiger partial charge is 0.277 e. The number of pyridine rings is 1. The predicted molar refractivity (Wildman–Crippen MR) is 83.1 cm³/mol. The molecule has 0 saturated heterocycles. The van der Waals surface area contributed by atoms with Crippen LogP contribution in [0, 0.1) is 0 Å². The third-order valence-corrected chi connectivity index (χ3v) is 2.81. The Bertz CT molecular complexity index is 657. The van der Waals surface area contributed by atoms with Crippen LogP contribution in [0.3, 0.4) is 0 Å². The Labute approximate surface area is 128 Å². The number of hydrazone groups is 1. The monoisotopic (exact) mass is 299 g/mol. The maximum Gasteiger partial charge on any atom is 0.277 e. The van der Waals surface area contributed by atoms with Gasteiger partial charge in [-0.2, -0.15) is 5.10 Å². The van der Waals surface area contributed by atoms with Gasteiger partial charge in [-0.15, -0.1) is 0 Å². The van der Waals surface area contributed by atoms with Gasteiger partial charge in [0.25, 0.3) is 5.91 Å². The van der Waals surface area contributed by atoms with Crippen LogP contribution in [-0.2, 0) is 4.79 Å². The largest absolute Gasteiger partial charge is 0.493 e. The molecule has 1 aromatic carbocycles. The molecule has 0 radical (unpaired) electrons. The summed E-state index contributed by atoms with van der Waals surface area (Å²) in [6.45, 7) is 1.61. The van der Waals surface area contributed by atoms with Crippen molar-refractivity contribution in [2.75, 3.05) is 13.7 Å². The van der Waals surface area contributed by atoms with Gasteiger partial charge in [-0.25, -0.2) is 5.43 Å². The second-order valence-electron chi connectivity index (χ2n) is 4.39. The van der Waals surface area contributed by atoms with Crippen LogP contribution < -0.4 is 14.9 Å². The highest BCUT2D eigenvalue weighted by atomic mass is 16.5.